The van der Waals surface area contributed by atoms with E-state index in [9.17, 15) is 0 Å². The smallest absolute Gasteiger partial charge is 1.00 e. The summed E-state index contributed by atoms with van der Waals surface area (Å²) < 4.78 is 3.34. The zero-order valence-corrected chi connectivity index (χ0v) is 20.3. The standard InChI is InChI=1S/2C11H15.CH2.2ClH.Zr/c2*1-2-9-7-8-10-5-3-4-6-11(9)10;;;;/h2*8-9H,2-6H2,1H3;1H2;2*1H;/q2*-1;;;;+2/p-2/t2*9-;;;;/m10..../s1. The molecule has 2 atom stereocenters. The van der Waals surface area contributed by atoms with E-state index in [-0.39, 0.29) is 24.8 Å². The monoisotopic (exact) mass is 468 g/mol. The van der Waals surface area contributed by atoms with Crippen LogP contribution in [0.15, 0.2) is 34.4 Å². The molecule has 0 aliphatic heterocycles. The van der Waals surface area contributed by atoms with Crippen LogP contribution in [0.25, 0.3) is 0 Å². The van der Waals surface area contributed by atoms with Crippen molar-refractivity contribution in [3.05, 3.63) is 46.6 Å². The van der Waals surface area contributed by atoms with Gasteiger partial charge >= 0.3 is 28.4 Å². The minimum atomic E-state index is 0. The van der Waals surface area contributed by atoms with Gasteiger partial charge in [0.15, 0.2) is 0 Å². The molecule has 0 fully saturated rings. The zero-order chi connectivity index (χ0) is 17.4. The number of rotatable bonds is 2. The van der Waals surface area contributed by atoms with Crippen LogP contribution in [-0.2, 0) is 24.2 Å². The molecule has 0 nitrogen and oxygen atoms in total. The minimum Gasteiger partial charge on any atom is -1.00 e. The Kier molecular flexibility index (Phi) is 14.5. The summed E-state index contributed by atoms with van der Waals surface area (Å²) in [5.74, 6) is 1.37. The second kappa shape index (κ2) is 14.3. The molecule has 0 bridgehead atoms. The summed E-state index contributed by atoms with van der Waals surface area (Å²) in [7, 11) is 0. The molecule has 0 N–H and O–H groups in total. The molecule has 0 radical (unpaired) electrons. The second-order valence-corrected chi connectivity index (χ2v) is 7.06. The third-order valence-corrected chi connectivity index (χ3v) is 5.68. The van der Waals surface area contributed by atoms with Gasteiger partial charge in [0.25, 0.3) is 0 Å². The summed E-state index contributed by atoms with van der Waals surface area (Å²) >= 11 is 1.30. The predicted octanol–water partition coefficient (Wildman–Crippen LogP) is 0.486. The van der Waals surface area contributed by atoms with Gasteiger partial charge in [0.05, 0.1) is 0 Å². The van der Waals surface area contributed by atoms with Crippen molar-refractivity contribution in [2.75, 3.05) is 0 Å². The Morgan fingerprint density at radius 3 is 1.46 bits per heavy atom. The predicted molar refractivity (Wildman–Crippen MR) is 101 cm³/mol. The largest absolute Gasteiger partial charge is 1.00 e. The van der Waals surface area contributed by atoms with Crippen LogP contribution >= 0.6 is 0 Å². The van der Waals surface area contributed by atoms with Gasteiger partial charge in [0, 0.05) is 0 Å². The van der Waals surface area contributed by atoms with Gasteiger partial charge in [0.2, 0.25) is 0 Å². The summed E-state index contributed by atoms with van der Waals surface area (Å²) in [5.41, 5.74) is 6.64. The molecule has 0 saturated carbocycles. The van der Waals surface area contributed by atoms with E-state index in [1.165, 1.54) is 88.4 Å². The van der Waals surface area contributed by atoms with Crippen LogP contribution in [0.1, 0.15) is 78.1 Å². The molecule has 3 heteroatoms. The second-order valence-electron chi connectivity index (χ2n) is 7.06. The van der Waals surface area contributed by atoms with E-state index < -0.39 is 0 Å². The normalized spacial score (nSPS) is 25.1. The molecule has 0 spiro atoms. The van der Waals surface area contributed by atoms with Crippen molar-refractivity contribution in [3.63, 3.8) is 0 Å². The Labute approximate surface area is 188 Å². The van der Waals surface area contributed by atoms with Gasteiger partial charge in [-0.3, -0.25) is 12.2 Å². The van der Waals surface area contributed by atoms with Crippen LogP contribution in [-0.4, -0.2) is 4.21 Å². The molecule has 4 aliphatic rings. The fourth-order valence-electron chi connectivity index (χ4n) is 4.36. The molecule has 0 amide bonds. The van der Waals surface area contributed by atoms with E-state index in [2.05, 4.69) is 42.4 Å². The molecular weight excluding hydrogens is 438 g/mol. The third-order valence-electron chi connectivity index (χ3n) is 5.68. The van der Waals surface area contributed by atoms with Crippen LogP contribution in [0.5, 0.6) is 0 Å². The first-order valence-electron chi connectivity index (χ1n) is 9.81. The van der Waals surface area contributed by atoms with Gasteiger partial charge in [-0.15, -0.1) is 0 Å². The van der Waals surface area contributed by atoms with Crippen LogP contribution in [0.2, 0.25) is 0 Å². The van der Waals surface area contributed by atoms with Gasteiger partial charge in [-0.1, -0.05) is 77.0 Å². The molecule has 26 heavy (non-hydrogen) atoms. The molecule has 0 aromatic heterocycles. The van der Waals surface area contributed by atoms with Crippen LogP contribution < -0.4 is 24.8 Å². The molecule has 0 heterocycles. The Hall–Kier alpha value is 0.293. The summed E-state index contributed by atoms with van der Waals surface area (Å²) in [4.78, 5) is 0. The number of allylic oxidation sites excluding steroid dienone is 8. The van der Waals surface area contributed by atoms with Gasteiger partial charge in [-0.2, -0.15) is 22.3 Å². The van der Waals surface area contributed by atoms with Gasteiger partial charge in [-0.05, 0) is 12.8 Å². The third kappa shape index (κ3) is 6.72. The SMILES string of the molecule is CC[C@@H]1[C-]=CC2=C1CCCC2.CC[C@H]1[C-]=CC2=C1CCCC2.[CH2]=[Zr+2].[Cl-].[Cl-]. The van der Waals surface area contributed by atoms with Crippen LogP contribution in [0.4, 0.5) is 0 Å². The topological polar surface area (TPSA) is 0 Å². The van der Waals surface area contributed by atoms with Gasteiger partial charge in [0.1, 0.15) is 0 Å². The van der Waals surface area contributed by atoms with E-state index >= 15 is 0 Å². The Morgan fingerprint density at radius 1 is 0.769 bits per heavy atom. The van der Waals surface area contributed by atoms with Crippen molar-refractivity contribution >= 4 is 4.21 Å². The number of halogens is 2. The first-order chi connectivity index (χ1) is 11.8. The number of hydrogen-bond acceptors (Lipinski definition) is 0. The molecular formula is C23H32Cl2Zr-2. The fourth-order valence-corrected chi connectivity index (χ4v) is 4.36. The van der Waals surface area contributed by atoms with E-state index in [1.807, 2.05) is 0 Å². The van der Waals surface area contributed by atoms with Gasteiger partial charge < -0.3 is 24.8 Å². The summed E-state index contributed by atoms with van der Waals surface area (Å²) in [6.45, 7) is 4.52. The van der Waals surface area contributed by atoms with Crippen molar-refractivity contribution in [2.45, 2.75) is 78.1 Å². The van der Waals surface area contributed by atoms with Crippen LogP contribution in [0, 0.1) is 24.0 Å². The van der Waals surface area contributed by atoms with E-state index in [4.69, 9.17) is 0 Å². The van der Waals surface area contributed by atoms with Crippen LogP contribution in [0.3, 0.4) is 0 Å². The average Bonchev–Trinajstić information content (AvgIpc) is 3.27. The maximum absolute atomic E-state index is 3.45. The zero-order valence-electron chi connectivity index (χ0n) is 16.3. The molecule has 0 aromatic carbocycles. The maximum Gasteiger partial charge on any atom is -1.00 e. The minimum absolute atomic E-state index is 0. The average molecular weight is 471 g/mol. The Balaban J connectivity index is 0.000000410. The first kappa shape index (κ1) is 26.3. The first-order valence-corrected chi connectivity index (χ1v) is 11.5. The summed E-state index contributed by atoms with van der Waals surface area (Å²) in [5, 5.41) is 0. The summed E-state index contributed by atoms with van der Waals surface area (Å²) in [6.07, 6.45) is 24.8. The van der Waals surface area contributed by atoms with E-state index in [0.29, 0.717) is 11.8 Å². The van der Waals surface area contributed by atoms with Crippen molar-refractivity contribution in [2.24, 2.45) is 11.8 Å². The molecule has 0 saturated heterocycles. The van der Waals surface area contributed by atoms with Crippen molar-refractivity contribution in [3.8, 4) is 0 Å². The Morgan fingerprint density at radius 2 is 1.12 bits per heavy atom. The Bertz CT molecular complexity index is 494. The van der Waals surface area contributed by atoms with Gasteiger partial charge in [-0.25, -0.2) is 12.2 Å². The molecule has 0 unspecified atom stereocenters. The molecule has 144 valence electrons. The quantitative estimate of drug-likeness (QED) is 0.516. The molecule has 0 aromatic rings. The van der Waals surface area contributed by atoms with Crippen molar-refractivity contribution in [1.29, 1.82) is 0 Å². The fraction of sp³-hybridized carbons (Fsp3) is 0.609. The molecule has 4 rings (SSSR count). The van der Waals surface area contributed by atoms with Crippen molar-refractivity contribution < 1.29 is 49.0 Å². The summed E-state index contributed by atoms with van der Waals surface area (Å²) in [6, 6.07) is 0. The van der Waals surface area contributed by atoms with E-state index in [1.54, 1.807) is 22.3 Å². The van der Waals surface area contributed by atoms with E-state index in [0.717, 1.165) is 0 Å². The molecule has 4 aliphatic carbocycles. The maximum atomic E-state index is 3.45. The number of hydrogen-bond donors (Lipinski definition) is 0. The van der Waals surface area contributed by atoms with Crippen molar-refractivity contribution in [1.82, 2.24) is 0 Å².